The summed E-state index contributed by atoms with van der Waals surface area (Å²) in [5.74, 6) is 0.0956. The van der Waals surface area contributed by atoms with Gasteiger partial charge in [-0.05, 0) is 18.9 Å². The van der Waals surface area contributed by atoms with Gasteiger partial charge in [-0.2, -0.15) is 0 Å². The number of hydrogen-bond acceptors (Lipinski definition) is 3. The van der Waals surface area contributed by atoms with E-state index in [1.807, 2.05) is 0 Å². The molecule has 0 atom stereocenters. The van der Waals surface area contributed by atoms with Crippen molar-refractivity contribution in [1.82, 2.24) is 4.90 Å². The second-order valence-electron chi connectivity index (χ2n) is 4.71. The Bertz CT molecular complexity index is 539. The minimum atomic E-state index is -0.229. The van der Waals surface area contributed by atoms with Crippen molar-refractivity contribution in [2.45, 2.75) is 19.8 Å². The highest BCUT2D eigenvalue weighted by Crippen LogP contribution is 2.32. The average Bonchev–Trinajstić information content (AvgIpc) is 2.93. The van der Waals surface area contributed by atoms with Gasteiger partial charge in [-0.3, -0.25) is 9.59 Å². The molecule has 1 aliphatic rings. The highest BCUT2D eigenvalue weighted by Gasteiger charge is 2.23. The Hall–Kier alpha value is -1.75. The van der Waals surface area contributed by atoms with Gasteiger partial charge in [0.1, 0.15) is 5.75 Å². The van der Waals surface area contributed by atoms with Crippen molar-refractivity contribution in [1.29, 1.82) is 0 Å². The molecule has 108 valence electrons. The molecule has 0 bridgehead atoms. The van der Waals surface area contributed by atoms with Crippen LogP contribution in [0.25, 0.3) is 0 Å². The first-order valence-corrected chi connectivity index (χ1v) is 6.85. The topological polar surface area (TPSA) is 58.6 Å². The Labute approximate surface area is 122 Å². The van der Waals surface area contributed by atoms with Crippen LogP contribution in [0.4, 0.5) is 5.69 Å². The fourth-order valence-corrected chi connectivity index (χ4v) is 2.48. The van der Waals surface area contributed by atoms with Crippen LogP contribution in [0.2, 0.25) is 5.02 Å². The molecule has 1 fully saturated rings. The predicted octanol–water partition coefficient (Wildman–Crippen LogP) is 2.54. The molecule has 1 aromatic carbocycles. The summed E-state index contributed by atoms with van der Waals surface area (Å²) in [5, 5.41) is 2.93. The lowest BCUT2D eigenvalue weighted by atomic mass is 10.1. The van der Waals surface area contributed by atoms with Crippen molar-refractivity contribution < 1.29 is 14.3 Å². The number of hydrogen-bond donors (Lipinski definition) is 1. The summed E-state index contributed by atoms with van der Waals surface area (Å²) < 4.78 is 5.25. The molecule has 1 aromatic rings. The number of ether oxygens (including phenoxy) is 1. The zero-order valence-electron chi connectivity index (χ0n) is 11.5. The van der Waals surface area contributed by atoms with Crippen LogP contribution in [0.5, 0.6) is 5.75 Å². The number of halogens is 1. The number of methoxy groups -OCH3 is 1. The molecule has 5 nitrogen and oxygen atoms in total. The molecule has 2 rings (SSSR count). The summed E-state index contributed by atoms with van der Waals surface area (Å²) in [6.45, 7) is 2.91. The smallest absolute Gasteiger partial charge is 0.257 e. The van der Waals surface area contributed by atoms with Gasteiger partial charge in [0, 0.05) is 26.1 Å². The summed E-state index contributed by atoms with van der Waals surface area (Å²) in [6.07, 6.45) is 2.04. The van der Waals surface area contributed by atoms with Crippen LogP contribution in [0.3, 0.4) is 0 Å². The highest BCUT2D eigenvalue weighted by atomic mass is 35.5. The zero-order chi connectivity index (χ0) is 14.7. The molecule has 0 spiro atoms. The van der Waals surface area contributed by atoms with E-state index in [9.17, 15) is 9.59 Å². The van der Waals surface area contributed by atoms with Crippen LogP contribution in [0.15, 0.2) is 12.1 Å². The lowest BCUT2D eigenvalue weighted by Gasteiger charge is -2.18. The van der Waals surface area contributed by atoms with Gasteiger partial charge in [0.15, 0.2) is 0 Å². The maximum absolute atomic E-state index is 12.4. The fourth-order valence-electron chi connectivity index (χ4n) is 2.27. The number of benzene rings is 1. The number of carbonyl (C=O) groups is 2. The molecule has 1 N–H and O–H groups in total. The Morgan fingerprint density at radius 2 is 1.95 bits per heavy atom. The minimum Gasteiger partial charge on any atom is -0.496 e. The van der Waals surface area contributed by atoms with Gasteiger partial charge in [0.2, 0.25) is 5.91 Å². The Morgan fingerprint density at radius 3 is 2.50 bits per heavy atom. The molecule has 0 aliphatic carbocycles. The minimum absolute atomic E-state index is 0.0874. The third kappa shape index (κ3) is 3.04. The number of nitrogens with zero attached hydrogens (tertiary/aromatic N) is 1. The Balaban J connectivity index is 2.35. The van der Waals surface area contributed by atoms with Gasteiger partial charge < -0.3 is 15.0 Å². The summed E-state index contributed by atoms with van der Waals surface area (Å²) in [4.78, 5) is 25.3. The van der Waals surface area contributed by atoms with Crippen molar-refractivity contribution in [3.63, 3.8) is 0 Å². The molecule has 0 saturated carbocycles. The quantitative estimate of drug-likeness (QED) is 0.932. The highest BCUT2D eigenvalue weighted by molar-refractivity contribution is 6.34. The standard InChI is InChI=1S/C14H17ClN2O3/c1-9(18)16-12-8-13(20-2)10(7-11(12)15)14(19)17-5-3-4-6-17/h7-8H,3-6H2,1-2H3,(H,16,18). The van der Waals surface area contributed by atoms with Gasteiger partial charge in [-0.15, -0.1) is 0 Å². The molecule has 6 heteroatoms. The van der Waals surface area contributed by atoms with E-state index < -0.39 is 0 Å². The van der Waals surface area contributed by atoms with Crippen molar-refractivity contribution in [2.24, 2.45) is 0 Å². The number of amides is 2. The summed E-state index contributed by atoms with van der Waals surface area (Å²) in [5.41, 5.74) is 0.863. The molecule has 1 heterocycles. The third-order valence-corrected chi connectivity index (χ3v) is 3.54. The van der Waals surface area contributed by atoms with Gasteiger partial charge in [0.25, 0.3) is 5.91 Å². The van der Waals surface area contributed by atoms with E-state index in [2.05, 4.69) is 5.32 Å². The summed E-state index contributed by atoms with van der Waals surface area (Å²) in [7, 11) is 1.49. The normalized spacial score (nSPS) is 14.2. The van der Waals surface area contributed by atoms with Crippen LogP contribution in [-0.2, 0) is 4.79 Å². The molecule has 0 aromatic heterocycles. The van der Waals surface area contributed by atoms with Crippen molar-refractivity contribution in [3.05, 3.63) is 22.7 Å². The summed E-state index contributed by atoms with van der Waals surface area (Å²) >= 11 is 6.11. The summed E-state index contributed by atoms with van der Waals surface area (Å²) in [6, 6.07) is 3.12. The van der Waals surface area contributed by atoms with Crippen molar-refractivity contribution in [2.75, 3.05) is 25.5 Å². The van der Waals surface area contributed by atoms with Crippen LogP contribution in [0, 0.1) is 0 Å². The van der Waals surface area contributed by atoms with Gasteiger partial charge in [0.05, 0.1) is 23.4 Å². The number of carbonyl (C=O) groups excluding carboxylic acids is 2. The Kier molecular flexibility index (Phi) is 4.49. The maximum atomic E-state index is 12.4. The second kappa shape index (κ2) is 6.13. The zero-order valence-corrected chi connectivity index (χ0v) is 12.3. The lowest BCUT2D eigenvalue weighted by Crippen LogP contribution is -2.28. The number of likely N-dealkylation sites (tertiary alicyclic amines) is 1. The lowest BCUT2D eigenvalue weighted by molar-refractivity contribution is -0.114. The van der Waals surface area contributed by atoms with E-state index in [0.29, 0.717) is 22.0 Å². The molecular formula is C14H17ClN2O3. The molecule has 0 radical (unpaired) electrons. The molecule has 1 aliphatic heterocycles. The monoisotopic (exact) mass is 296 g/mol. The fraction of sp³-hybridized carbons (Fsp3) is 0.429. The van der Waals surface area contributed by atoms with E-state index in [4.69, 9.17) is 16.3 Å². The second-order valence-corrected chi connectivity index (χ2v) is 5.12. The number of rotatable bonds is 3. The molecule has 1 saturated heterocycles. The van der Waals surface area contributed by atoms with Crippen LogP contribution in [-0.4, -0.2) is 36.9 Å². The van der Waals surface area contributed by atoms with E-state index in [0.717, 1.165) is 25.9 Å². The molecule has 20 heavy (non-hydrogen) atoms. The van der Waals surface area contributed by atoms with E-state index in [1.165, 1.54) is 14.0 Å². The predicted molar refractivity (Wildman–Crippen MR) is 77.4 cm³/mol. The van der Waals surface area contributed by atoms with Gasteiger partial charge in [-0.25, -0.2) is 0 Å². The van der Waals surface area contributed by atoms with Crippen LogP contribution in [0.1, 0.15) is 30.1 Å². The van der Waals surface area contributed by atoms with E-state index >= 15 is 0 Å². The van der Waals surface area contributed by atoms with Crippen LogP contribution < -0.4 is 10.1 Å². The first kappa shape index (κ1) is 14.7. The van der Waals surface area contributed by atoms with Crippen molar-refractivity contribution in [3.8, 4) is 5.75 Å². The van der Waals surface area contributed by atoms with E-state index in [-0.39, 0.29) is 11.8 Å². The number of nitrogens with one attached hydrogen (secondary N) is 1. The first-order valence-electron chi connectivity index (χ1n) is 6.47. The van der Waals surface area contributed by atoms with Gasteiger partial charge >= 0.3 is 0 Å². The average molecular weight is 297 g/mol. The third-order valence-electron chi connectivity index (χ3n) is 3.22. The SMILES string of the molecule is COc1cc(NC(C)=O)c(Cl)cc1C(=O)N1CCCC1. The molecule has 0 unspecified atom stereocenters. The number of anilines is 1. The molecular weight excluding hydrogens is 280 g/mol. The van der Waals surface area contributed by atoms with Crippen molar-refractivity contribution >= 4 is 29.1 Å². The first-order chi connectivity index (χ1) is 9.52. The van der Waals surface area contributed by atoms with Crippen LogP contribution >= 0.6 is 11.6 Å². The molecule has 2 amide bonds. The van der Waals surface area contributed by atoms with Gasteiger partial charge in [-0.1, -0.05) is 11.6 Å². The largest absolute Gasteiger partial charge is 0.496 e. The maximum Gasteiger partial charge on any atom is 0.257 e. The van der Waals surface area contributed by atoms with E-state index in [1.54, 1.807) is 17.0 Å². The Morgan fingerprint density at radius 1 is 1.30 bits per heavy atom.